The fourth-order valence-electron chi connectivity index (χ4n) is 3.42. The Hall–Kier alpha value is -3.23. The average molecular weight is 503 g/mol. The Bertz CT molecular complexity index is 1230. The van der Waals surface area contributed by atoms with Crippen LogP contribution in [0.3, 0.4) is 0 Å². The van der Waals surface area contributed by atoms with E-state index in [2.05, 4.69) is 5.32 Å². The van der Waals surface area contributed by atoms with Gasteiger partial charge >= 0.3 is 0 Å². The summed E-state index contributed by atoms with van der Waals surface area (Å²) in [6.45, 7) is 1.78. The van der Waals surface area contributed by atoms with Gasteiger partial charge < -0.3 is 14.8 Å². The van der Waals surface area contributed by atoms with E-state index in [1.807, 2.05) is 31.2 Å². The van der Waals surface area contributed by atoms with Gasteiger partial charge in [-0.3, -0.25) is 9.10 Å². The SMILES string of the molecule is COc1ccccc1[C@@H](C)NC(=O)COc1ccc(N(Cc2ccccc2Cl)S(C)(=O)=O)cc1. The van der Waals surface area contributed by atoms with Gasteiger partial charge in [-0.2, -0.15) is 0 Å². The third-order valence-electron chi connectivity index (χ3n) is 5.15. The zero-order valence-electron chi connectivity index (χ0n) is 19.2. The van der Waals surface area contributed by atoms with Crippen molar-refractivity contribution in [3.05, 3.63) is 88.9 Å². The molecule has 0 unspecified atom stereocenters. The predicted molar refractivity (Wildman–Crippen MR) is 134 cm³/mol. The van der Waals surface area contributed by atoms with Crippen molar-refractivity contribution in [1.29, 1.82) is 0 Å². The van der Waals surface area contributed by atoms with E-state index in [0.29, 0.717) is 27.8 Å². The molecule has 0 saturated heterocycles. The molecule has 7 nitrogen and oxygen atoms in total. The van der Waals surface area contributed by atoms with Crippen LogP contribution in [0.2, 0.25) is 5.02 Å². The normalized spacial score (nSPS) is 12.0. The van der Waals surface area contributed by atoms with Crippen LogP contribution in [0.15, 0.2) is 72.8 Å². The van der Waals surface area contributed by atoms with Gasteiger partial charge in [0.25, 0.3) is 5.91 Å². The van der Waals surface area contributed by atoms with E-state index in [4.69, 9.17) is 21.1 Å². The third kappa shape index (κ3) is 6.65. The Morgan fingerprint density at radius 3 is 2.32 bits per heavy atom. The molecule has 0 saturated carbocycles. The largest absolute Gasteiger partial charge is 0.496 e. The van der Waals surface area contributed by atoms with E-state index >= 15 is 0 Å². The number of halogens is 1. The summed E-state index contributed by atoms with van der Waals surface area (Å²) in [4.78, 5) is 12.4. The lowest BCUT2D eigenvalue weighted by Gasteiger charge is -2.23. The molecule has 180 valence electrons. The fraction of sp³-hybridized carbons (Fsp3) is 0.240. The summed E-state index contributed by atoms with van der Waals surface area (Å²) in [7, 11) is -1.97. The summed E-state index contributed by atoms with van der Waals surface area (Å²) in [5, 5.41) is 3.37. The second-order valence-electron chi connectivity index (χ2n) is 7.67. The molecule has 0 aromatic heterocycles. The van der Waals surface area contributed by atoms with Crippen LogP contribution in [0.1, 0.15) is 24.1 Å². The lowest BCUT2D eigenvalue weighted by molar-refractivity contribution is -0.123. The first-order valence-corrected chi connectivity index (χ1v) is 12.8. The van der Waals surface area contributed by atoms with E-state index in [1.165, 1.54) is 4.31 Å². The van der Waals surface area contributed by atoms with Crippen molar-refractivity contribution in [3.63, 3.8) is 0 Å². The Morgan fingerprint density at radius 1 is 1.03 bits per heavy atom. The number of ether oxygens (including phenoxy) is 2. The standard InChI is InChI=1S/C25H27ClN2O5S/c1-18(22-9-5-7-11-24(22)32-2)27-25(29)17-33-21-14-12-20(13-15-21)28(34(3,30)31)16-19-8-4-6-10-23(19)26/h4-15,18H,16-17H2,1-3H3,(H,27,29)/t18-/m1/s1. The van der Waals surface area contributed by atoms with E-state index in [9.17, 15) is 13.2 Å². The van der Waals surface area contributed by atoms with E-state index in [1.54, 1.807) is 55.6 Å². The number of benzene rings is 3. The van der Waals surface area contributed by atoms with Crippen molar-refractivity contribution in [2.75, 3.05) is 24.3 Å². The number of anilines is 1. The third-order valence-corrected chi connectivity index (χ3v) is 6.66. The Labute approximate surface area is 205 Å². The number of methoxy groups -OCH3 is 1. The predicted octanol–water partition coefficient (Wildman–Crippen LogP) is 4.57. The van der Waals surface area contributed by atoms with Gasteiger partial charge in [0, 0.05) is 10.6 Å². The molecular formula is C25H27ClN2O5S. The van der Waals surface area contributed by atoms with Crippen molar-refractivity contribution >= 4 is 33.2 Å². The second-order valence-corrected chi connectivity index (χ2v) is 9.99. The highest BCUT2D eigenvalue weighted by Crippen LogP contribution is 2.27. The quantitative estimate of drug-likeness (QED) is 0.439. The number of amides is 1. The molecule has 0 bridgehead atoms. The topological polar surface area (TPSA) is 84.9 Å². The van der Waals surface area contributed by atoms with Gasteiger partial charge in [0.05, 0.1) is 31.6 Å². The molecule has 1 atom stereocenters. The van der Waals surface area contributed by atoms with Crippen LogP contribution in [0.4, 0.5) is 5.69 Å². The van der Waals surface area contributed by atoms with Crippen LogP contribution in [0, 0.1) is 0 Å². The zero-order chi connectivity index (χ0) is 24.7. The van der Waals surface area contributed by atoms with Gasteiger partial charge in [0.15, 0.2) is 6.61 Å². The molecule has 34 heavy (non-hydrogen) atoms. The maximum absolute atomic E-state index is 12.4. The number of para-hydroxylation sites is 1. The molecule has 0 aliphatic rings. The second kappa shape index (κ2) is 11.3. The first kappa shape index (κ1) is 25.4. The van der Waals surface area contributed by atoms with Gasteiger partial charge in [-0.15, -0.1) is 0 Å². The van der Waals surface area contributed by atoms with Crippen molar-refractivity contribution < 1.29 is 22.7 Å². The fourth-order valence-corrected chi connectivity index (χ4v) is 4.50. The number of hydrogen-bond acceptors (Lipinski definition) is 5. The molecule has 9 heteroatoms. The summed E-state index contributed by atoms with van der Waals surface area (Å²) in [6, 6.07) is 20.8. The molecule has 0 aliphatic heterocycles. The minimum Gasteiger partial charge on any atom is -0.496 e. The van der Waals surface area contributed by atoms with Gasteiger partial charge in [-0.25, -0.2) is 8.42 Å². The van der Waals surface area contributed by atoms with E-state index < -0.39 is 10.0 Å². The lowest BCUT2D eigenvalue weighted by Crippen LogP contribution is -2.31. The van der Waals surface area contributed by atoms with Crippen molar-refractivity contribution in [2.45, 2.75) is 19.5 Å². The first-order chi connectivity index (χ1) is 16.2. The maximum atomic E-state index is 12.4. The Balaban J connectivity index is 1.63. The van der Waals surface area contributed by atoms with Crippen LogP contribution >= 0.6 is 11.6 Å². The molecule has 0 aliphatic carbocycles. The molecule has 0 radical (unpaired) electrons. The Morgan fingerprint density at radius 2 is 1.68 bits per heavy atom. The smallest absolute Gasteiger partial charge is 0.258 e. The average Bonchev–Trinajstić information content (AvgIpc) is 2.82. The van der Waals surface area contributed by atoms with Crippen molar-refractivity contribution in [3.8, 4) is 11.5 Å². The van der Waals surface area contributed by atoms with Crippen molar-refractivity contribution in [1.82, 2.24) is 5.32 Å². The molecule has 3 aromatic carbocycles. The van der Waals surface area contributed by atoms with Crippen molar-refractivity contribution in [2.24, 2.45) is 0 Å². The Kier molecular flexibility index (Phi) is 8.41. The van der Waals surface area contributed by atoms with Gasteiger partial charge in [0.2, 0.25) is 10.0 Å². The summed E-state index contributed by atoms with van der Waals surface area (Å²) in [6.07, 6.45) is 1.14. The number of nitrogens with zero attached hydrogens (tertiary/aromatic N) is 1. The summed E-state index contributed by atoms with van der Waals surface area (Å²) in [5.41, 5.74) is 2.02. The van der Waals surface area contributed by atoms with E-state index in [0.717, 1.165) is 11.8 Å². The van der Waals surface area contributed by atoms with Gasteiger partial charge in [0.1, 0.15) is 11.5 Å². The zero-order valence-corrected chi connectivity index (χ0v) is 20.8. The van der Waals surface area contributed by atoms with Crippen LogP contribution in [0.5, 0.6) is 11.5 Å². The highest BCUT2D eigenvalue weighted by Gasteiger charge is 2.19. The van der Waals surface area contributed by atoms with Crippen LogP contribution in [-0.4, -0.2) is 34.3 Å². The number of sulfonamides is 1. The molecule has 1 amide bonds. The summed E-state index contributed by atoms with van der Waals surface area (Å²) >= 11 is 6.21. The first-order valence-electron chi connectivity index (χ1n) is 10.6. The highest BCUT2D eigenvalue weighted by atomic mass is 35.5. The number of carbonyl (C=O) groups excluding carboxylic acids is 1. The molecule has 3 rings (SSSR count). The maximum Gasteiger partial charge on any atom is 0.258 e. The molecule has 3 aromatic rings. The highest BCUT2D eigenvalue weighted by molar-refractivity contribution is 7.92. The lowest BCUT2D eigenvalue weighted by atomic mass is 10.1. The van der Waals surface area contributed by atoms with Crippen LogP contribution in [0.25, 0.3) is 0 Å². The molecule has 0 spiro atoms. The molecule has 0 fully saturated rings. The number of nitrogens with one attached hydrogen (secondary N) is 1. The molecular weight excluding hydrogens is 476 g/mol. The number of hydrogen-bond donors (Lipinski definition) is 1. The summed E-state index contributed by atoms with van der Waals surface area (Å²) < 4.78 is 37.0. The monoisotopic (exact) mass is 502 g/mol. The minimum absolute atomic E-state index is 0.0992. The van der Waals surface area contributed by atoms with Crippen LogP contribution in [-0.2, 0) is 21.4 Å². The van der Waals surface area contributed by atoms with Gasteiger partial charge in [-0.1, -0.05) is 48.0 Å². The number of carbonyl (C=O) groups is 1. The minimum atomic E-state index is -3.56. The summed E-state index contributed by atoms with van der Waals surface area (Å²) in [5.74, 6) is 0.841. The number of rotatable bonds is 10. The van der Waals surface area contributed by atoms with Gasteiger partial charge in [-0.05, 0) is 48.9 Å². The van der Waals surface area contributed by atoms with E-state index in [-0.39, 0.29) is 25.1 Å². The van der Waals surface area contributed by atoms with Crippen LogP contribution < -0.4 is 19.1 Å². The molecule has 1 N–H and O–H groups in total. The molecule has 0 heterocycles.